The predicted octanol–water partition coefficient (Wildman–Crippen LogP) is 3.42. The van der Waals surface area contributed by atoms with Crippen LogP contribution >= 0.6 is 8.69 Å². The van der Waals surface area contributed by atoms with E-state index in [-0.39, 0.29) is 0 Å². The van der Waals surface area contributed by atoms with Crippen molar-refractivity contribution in [3.63, 3.8) is 0 Å². The second kappa shape index (κ2) is 7.84. The van der Waals surface area contributed by atoms with Crippen LogP contribution in [0.4, 0.5) is 0 Å². The topological polar surface area (TPSA) is 26.3 Å². The van der Waals surface area contributed by atoms with Crippen LogP contribution in [0.15, 0.2) is 66.7 Å². The standard InChI is InChI=1S/C6H7O2P.C6H6/c7-9-8-6-4-2-1-3-5-6;1-2-4-6-5-3-1/h1-5H,9H2;1-6H. The predicted molar refractivity (Wildman–Crippen MR) is 63.9 cm³/mol. The average molecular weight is 220 g/mol. The number of hydrogen-bond donors (Lipinski definition) is 0. The molecule has 0 amide bonds. The maximum atomic E-state index is 9.96. The highest BCUT2D eigenvalue weighted by molar-refractivity contribution is 7.17. The molecule has 1 unspecified atom stereocenters. The fourth-order valence-electron chi connectivity index (χ4n) is 0.940. The van der Waals surface area contributed by atoms with Gasteiger partial charge in [-0.2, -0.15) is 0 Å². The molecule has 0 aliphatic carbocycles. The van der Waals surface area contributed by atoms with Crippen LogP contribution < -0.4 is 4.52 Å². The second-order valence-corrected chi connectivity index (χ2v) is 3.11. The third-order valence-electron chi connectivity index (χ3n) is 1.59. The summed E-state index contributed by atoms with van der Waals surface area (Å²) < 4.78 is 14.7. The van der Waals surface area contributed by atoms with Gasteiger partial charge in [-0.1, -0.05) is 54.6 Å². The average Bonchev–Trinajstić information content (AvgIpc) is 2.34. The van der Waals surface area contributed by atoms with Crippen molar-refractivity contribution in [1.29, 1.82) is 0 Å². The van der Waals surface area contributed by atoms with Crippen molar-refractivity contribution >= 4 is 8.69 Å². The molecule has 78 valence electrons. The minimum Gasteiger partial charge on any atom is -0.447 e. The first kappa shape index (κ1) is 11.5. The minimum atomic E-state index is -1.12. The van der Waals surface area contributed by atoms with Crippen molar-refractivity contribution < 1.29 is 9.09 Å². The zero-order chi connectivity index (χ0) is 10.8. The first-order valence-electron chi connectivity index (χ1n) is 4.59. The molecule has 0 aliphatic rings. The molecule has 0 bridgehead atoms. The van der Waals surface area contributed by atoms with Crippen LogP contribution in [0.5, 0.6) is 5.75 Å². The molecule has 0 heterocycles. The van der Waals surface area contributed by atoms with Gasteiger partial charge in [-0.15, -0.1) is 0 Å². The van der Waals surface area contributed by atoms with Crippen molar-refractivity contribution in [3.05, 3.63) is 66.7 Å². The Balaban J connectivity index is 0.000000162. The van der Waals surface area contributed by atoms with E-state index in [0.717, 1.165) is 0 Å². The van der Waals surface area contributed by atoms with Crippen molar-refractivity contribution in [2.24, 2.45) is 0 Å². The van der Waals surface area contributed by atoms with E-state index < -0.39 is 8.69 Å². The Hall–Kier alpha value is -1.53. The van der Waals surface area contributed by atoms with E-state index in [1.165, 1.54) is 0 Å². The van der Waals surface area contributed by atoms with Crippen molar-refractivity contribution in [2.75, 3.05) is 0 Å². The molecule has 2 nitrogen and oxygen atoms in total. The van der Waals surface area contributed by atoms with Gasteiger partial charge in [0.25, 0.3) is 0 Å². The van der Waals surface area contributed by atoms with Gasteiger partial charge in [0.2, 0.25) is 8.69 Å². The van der Waals surface area contributed by atoms with Crippen LogP contribution in [0.2, 0.25) is 0 Å². The fourth-order valence-corrected chi connectivity index (χ4v) is 1.21. The minimum absolute atomic E-state index is 0.669. The lowest BCUT2D eigenvalue weighted by Gasteiger charge is -1.93. The molecule has 0 saturated heterocycles. The van der Waals surface area contributed by atoms with E-state index in [4.69, 9.17) is 4.52 Å². The van der Waals surface area contributed by atoms with E-state index in [2.05, 4.69) is 0 Å². The van der Waals surface area contributed by atoms with Gasteiger partial charge in [-0.3, -0.25) is 4.57 Å². The highest BCUT2D eigenvalue weighted by Gasteiger charge is 1.83. The summed E-state index contributed by atoms with van der Waals surface area (Å²) in [6.07, 6.45) is 0. The van der Waals surface area contributed by atoms with Crippen LogP contribution in [-0.4, -0.2) is 0 Å². The second-order valence-electron chi connectivity index (χ2n) is 2.68. The summed E-state index contributed by atoms with van der Waals surface area (Å²) in [4.78, 5) is 0. The number of rotatable bonds is 2. The zero-order valence-electron chi connectivity index (χ0n) is 8.24. The largest absolute Gasteiger partial charge is 0.447 e. The molecule has 0 aliphatic heterocycles. The third kappa shape index (κ3) is 5.71. The molecule has 1 atom stereocenters. The lowest BCUT2D eigenvalue weighted by molar-refractivity contribution is 0.525. The van der Waals surface area contributed by atoms with Crippen molar-refractivity contribution in [3.8, 4) is 5.75 Å². The summed E-state index contributed by atoms with van der Waals surface area (Å²) in [5.41, 5.74) is 0. The monoisotopic (exact) mass is 220 g/mol. The van der Waals surface area contributed by atoms with Crippen LogP contribution in [0.25, 0.3) is 0 Å². The van der Waals surface area contributed by atoms with Gasteiger partial charge in [0.15, 0.2) is 0 Å². The van der Waals surface area contributed by atoms with E-state index in [0.29, 0.717) is 5.75 Å². The Labute approximate surface area is 90.8 Å². The summed E-state index contributed by atoms with van der Waals surface area (Å²) in [6, 6.07) is 21.1. The molecule has 0 fully saturated rings. The van der Waals surface area contributed by atoms with Gasteiger partial charge >= 0.3 is 0 Å². The number of hydrogen-bond acceptors (Lipinski definition) is 2. The molecule has 0 radical (unpaired) electrons. The molecule has 0 saturated carbocycles. The highest BCUT2D eigenvalue weighted by atomic mass is 31.1. The van der Waals surface area contributed by atoms with Crippen molar-refractivity contribution in [1.82, 2.24) is 0 Å². The molecule has 2 aromatic carbocycles. The Kier molecular flexibility index (Phi) is 6.03. The smallest absolute Gasteiger partial charge is 0.225 e. The molecular formula is C12H13O2P. The van der Waals surface area contributed by atoms with Gasteiger partial charge in [0, 0.05) is 0 Å². The van der Waals surface area contributed by atoms with Crippen LogP contribution in [0.1, 0.15) is 0 Å². The molecule has 2 rings (SSSR count). The van der Waals surface area contributed by atoms with Gasteiger partial charge in [0.1, 0.15) is 5.75 Å². The van der Waals surface area contributed by atoms with Gasteiger partial charge < -0.3 is 4.52 Å². The van der Waals surface area contributed by atoms with Gasteiger partial charge in [-0.05, 0) is 12.1 Å². The SMILES string of the molecule is O=[PH2]Oc1ccccc1.c1ccccc1. The number of benzene rings is 2. The third-order valence-corrected chi connectivity index (χ3v) is 1.96. The summed E-state index contributed by atoms with van der Waals surface area (Å²) in [6.45, 7) is 0. The van der Waals surface area contributed by atoms with E-state index >= 15 is 0 Å². The summed E-state index contributed by atoms with van der Waals surface area (Å²) in [7, 11) is -1.12. The van der Waals surface area contributed by atoms with Crippen LogP contribution in [0, 0.1) is 0 Å². The first-order valence-corrected chi connectivity index (χ1v) is 5.53. The summed E-state index contributed by atoms with van der Waals surface area (Å²) >= 11 is 0. The Morgan fingerprint density at radius 3 is 1.53 bits per heavy atom. The Morgan fingerprint density at radius 1 is 0.733 bits per heavy atom. The van der Waals surface area contributed by atoms with Crippen LogP contribution in [0.3, 0.4) is 0 Å². The Bertz CT molecular complexity index is 335. The van der Waals surface area contributed by atoms with Gasteiger partial charge in [-0.25, -0.2) is 0 Å². The lowest BCUT2D eigenvalue weighted by atomic mass is 10.3. The summed E-state index contributed by atoms with van der Waals surface area (Å²) in [5, 5.41) is 0. The van der Waals surface area contributed by atoms with E-state index in [1.807, 2.05) is 54.6 Å². The number of para-hydroxylation sites is 1. The molecule has 15 heavy (non-hydrogen) atoms. The maximum absolute atomic E-state index is 9.96. The molecular weight excluding hydrogens is 207 g/mol. The van der Waals surface area contributed by atoms with Crippen molar-refractivity contribution in [2.45, 2.75) is 0 Å². The lowest BCUT2D eigenvalue weighted by Crippen LogP contribution is -1.70. The normalized spacial score (nSPS) is 9.33. The molecule has 2 aromatic rings. The fraction of sp³-hybridized carbons (Fsp3) is 0. The molecule has 0 aromatic heterocycles. The molecule has 0 N–H and O–H groups in total. The first-order chi connectivity index (χ1) is 7.43. The zero-order valence-corrected chi connectivity index (χ0v) is 9.40. The Morgan fingerprint density at radius 2 is 1.13 bits per heavy atom. The maximum Gasteiger partial charge on any atom is 0.225 e. The van der Waals surface area contributed by atoms with E-state index in [1.54, 1.807) is 12.1 Å². The molecule has 3 heteroatoms. The van der Waals surface area contributed by atoms with E-state index in [9.17, 15) is 4.57 Å². The van der Waals surface area contributed by atoms with Gasteiger partial charge in [0.05, 0.1) is 0 Å². The highest BCUT2D eigenvalue weighted by Crippen LogP contribution is 2.12. The summed E-state index contributed by atoms with van der Waals surface area (Å²) in [5.74, 6) is 0.669. The quantitative estimate of drug-likeness (QED) is 0.725. The van der Waals surface area contributed by atoms with Crippen LogP contribution in [-0.2, 0) is 4.57 Å². The molecule has 0 spiro atoms.